The molecular formula is C12H17ClO2. The maximum absolute atomic E-state index is 5.56. The highest BCUT2D eigenvalue weighted by Gasteiger charge is 2.12. The molecule has 0 aromatic heterocycles. The molecule has 0 aliphatic carbocycles. The Bertz CT molecular complexity index is 234. The first-order valence-corrected chi connectivity index (χ1v) is 5.84. The van der Waals surface area contributed by atoms with Gasteiger partial charge in [-0.05, 0) is 31.8 Å². The SMILES string of the molecule is Cl/C=C/C#CCCCOC1CCCCO1. The summed E-state index contributed by atoms with van der Waals surface area (Å²) in [5.74, 6) is 5.81. The minimum Gasteiger partial charge on any atom is -0.353 e. The standard InChI is InChI=1S/C12H17ClO2/c13-9-5-2-1-3-6-10-14-12-8-4-7-11-15-12/h5,9,12H,3-4,6-8,10-11H2/b9-5+. The van der Waals surface area contributed by atoms with Crippen LogP contribution >= 0.6 is 11.6 Å². The molecule has 1 aliphatic rings. The summed E-state index contributed by atoms with van der Waals surface area (Å²) in [4.78, 5) is 0. The predicted octanol–water partition coefficient (Wildman–Crippen LogP) is 3.07. The summed E-state index contributed by atoms with van der Waals surface area (Å²) in [5, 5.41) is 0. The van der Waals surface area contributed by atoms with Crippen LogP contribution in [0.15, 0.2) is 11.6 Å². The van der Waals surface area contributed by atoms with Crippen LogP contribution in [0.3, 0.4) is 0 Å². The third kappa shape index (κ3) is 6.57. The Kier molecular flexibility index (Phi) is 7.37. The minimum absolute atomic E-state index is 0.0226. The van der Waals surface area contributed by atoms with Gasteiger partial charge < -0.3 is 9.47 Å². The number of rotatable bonds is 4. The molecule has 0 aromatic carbocycles. The van der Waals surface area contributed by atoms with Gasteiger partial charge in [0.2, 0.25) is 0 Å². The van der Waals surface area contributed by atoms with Gasteiger partial charge in [-0.3, -0.25) is 0 Å². The fraction of sp³-hybridized carbons (Fsp3) is 0.667. The number of ether oxygens (including phenoxy) is 2. The van der Waals surface area contributed by atoms with E-state index in [0.717, 1.165) is 38.9 Å². The topological polar surface area (TPSA) is 18.5 Å². The Balaban J connectivity index is 1.94. The van der Waals surface area contributed by atoms with E-state index in [1.807, 2.05) is 0 Å². The average Bonchev–Trinajstić information content (AvgIpc) is 2.29. The quantitative estimate of drug-likeness (QED) is 0.544. The number of hydrogen-bond acceptors (Lipinski definition) is 2. The van der Waals surface area contributed by atoms with Crippen molar-refractivity contribution >= 4 is 11.6 Å². The van der Waals surface area contributed by atoms with Crippen LogP contribution in [0.5, 0.6) is 0 Å². The van der Waals surface area contributed by atoms with Crippen molar-refractivity contribution in [3.63, 3.8) is 0 Å². The number of halogens is 1. The van der Waals surface area contributed by atoms with Crippen LogP contribution in [0.1, 0.15) is 32.1 Å². The molecule has 2 nitrogen and oxygen atoms in total. The van der Waals surface area contributed by atoms with E-state index in [2.05, 4.69) is 11.8 Å². The van der Waals surface area contributed by atoms with Crippen molar-refractivity contribution in [2.75, 3.05) is 13.2 Å². The van der Waals surface area contributed by atoms with Crippen molar-refractivity contribution in [3.05, 3.63) is 11.6 Å². The van der Waals surface area contributed by atoms with Gasteiger partial charge in [0, 0.05) is 18.6 Å². The molecule has 0 spiro atoms. The van der Waals surface area contributed by atoms with Crippen LogP contribution < -0.4 is 0 Å². The minimum atomic E-state index is 0.0226. The summed E-state index contributed by atoms with van der Waals surface area (Å²) in [5.41, 5.74) is 1.42. The molecule has 15 heavy (non-hydrogen) atoms. The molecule has 0 amide bonds. The summed E-state index contributed by atoms with van der Waals surface area (Å²) in [6, 6.07) is 0. The molecule has 3 heteroatoms. The van der Waals surface area contributed by atoms with Crippen molar-refractivity contribution in [3.8, 4) is 11.8 Å². The van der Waals surface area contributed by atoms with Crippen LogP contribution in [-0.2, 0) is 9.47 Å². The lowest BCUT2D eigenvalue weighted by Crippen LogP contribution is -2.22. The fourth-order valence-corrected chi connectivity index (χ4v) is 1.44. The van der Waals surface area contributed by atoms with E-state index in [1.165, 1.54) is 12.0 Å². The first-order chi connectivity index (χ1) is 7.43. The van der Waals surface area contributed by atoms with E-state index in [1.54, 1.807) is 6.08 Å². The lowest BCUT2D eigenvalue weighted by Gasteiger charge is -2.22. The smallest absolute Gasteiger partial charge is 0.157 e. The Labute approximate surface area is 96.6 Å². The maximum atomic E-state index is 5.56. The summed E-state index contributed by atoms with van der Waals surface area (Å²) in [6.07, 6.45) is 6.85. The van der Waals surface area contributed by atoms with E-state index in [-0.39, 0.29) is 6.29 Å². The average molecular weight is 229 g/mol. The van der Waals surface area contributed by atoms with Gasteiger partial charge in [0.1, 0.15) is 0 Å². The van der Waals surface area contributed by atoms with Crippen molar-refractivity contribution in [1.29, 1.82) is 0 Å². The molecule has 1 rings (SSSR count). The van der Waals surface area contributed by atoms with Crippen LogP contribution in [0, 0.1) is 11.8 Å². The Morgan fingerprint density at radius 2 is 2.40 bits per heavy atom. The predicted molar refractivity (Wildman–Crippen MR) is 61.5 cm³/mol. The maximum Gasteiger partial charge on any atom is 0.157 e. The fourth-order valence-electron chi connectivity index (χ4n) is 1.38. The molecular weight excluding hydrogens is 212 g/mol. The second-order valence-electron chi connectivity index (χ2n) is 3.38. The molecule has 1 fully saturated rings. The molecule has 1 atom stereocenters. The Hall–Kier alpha value is -0.490. The van der Waals surface area contributed by atoms with E-state index in [9.17, 15) is 0 Å². The van der Waals surface area contributed by atoms with E-state index >= 15 is 0 Å². The van der Waals surface area contributed by atoms with E-state index in [4.69, 9.17) is 21.1 Å². The van der Waals surface area contributed by atoms with Crippen LogP contribution in [0.4, 0.5) is 0 Å². The molecule has 0 radical (unpaired) electrons. The Morgan fingerprint density at radius 1 is 1.47 bits per heavy atom. The van der Waals surface area contributed by atoms with Gasteiger partial charge in [0.15, 0.2) is 6.29 Å². The molecule has 1 heterocycles. The molecule has 1 saturated heterocycles. The Morgan fingerprint density at radius 3 is 3.13 bits per heavy atom. The summed E-state index contributed by atoms with van der Waals surface area (Å²) in [6.45, 7) is 1.56. The van der Waals surface area contributed by atoms with Crippen LogP contribution in [-0.4, -0.2) is 19.5 Å². The first kappa shape index (κ1) is 12.6. The molecule has 84 valence electrons. The molecule has 1 unspecified atom stereocenters. The summed E-state index contributed by atoms with van der Waals surface area (Å²) in [7, 11) is 0. The van der Waals surface area contributed by atoms with Crippen LogP contribution in [0.2, 0.25) is 0 Å². The zero-order valence-electron chi connectivity index (χ0n) is 8.88. The second-order valence-corrected chi connectivity index (χ2v) is 3.64. The third-order valence-corrected chi connectivity index (χ3v) is 2.26. The zero-order chi connectivity index (χ0) is 10.8. The van der Waals surface area contributed by atoms with Crippen molar-refractivity contribution in [1.82, 2.24) is 0 Å². The lowest BCUT2D eigenvalue weighted by atomic mass is 10.2. The molecule has 0 aromatic rings. The lowest BCUT2D eigenvalue weighted by molar-refractivity contribution is -0.162. The van der Waals surface area contributed by atoms with Crippen molar-refractivity contribution < 1.29 is 9.47 Å². The third-order valence-electron chi connectivity index (χ3n) is 2.14. The summed E-state index contributed by atoms with van der Waals surface area (Å²) < 4.78 is 11.0. The number of unbranched alkanes of at least 4 members (excludes halogenated alkanes) is 1. The zero-order valence-corrected chi connectivity index (χ0v) is 9.63. The molecule has 1 aliphatic heterocycles. The van der Waals surface area contributed by atoms with E-state index < -0.39 is 0 Å². The van der Waals surface area contributed by atoms with Gasteiger partial charge in [0.25, 0.3) is 0 Å². The molecule has 0 N–H and O–H groups in total. The largest absolute Gasteiger partial charge is 0.353 e. The van der Waals surface area contributed by atoms with Gasteiger partial charge in [-0.25, -0.2) is 0 Å². The van der Waals surface area contributed by atoms with Gasteiger partial charge in [-0.1, -0.05) is 23.4 Å². The van der Waals surface area contributed by atoms with Crippen molar-refractivity contribution in [2.24, 2.45) is 0 Å². The number of allylic oxidation sites excluding steroid dienone is 1. The van der Waals surface area contributed by atoms with Crippen molar-refractivity contribution in [2.45, 2.75) is 38.4 Å². The van der Waals surface area contributed by atoms with E-state index in [0.29, 0.717) is 0 Å². The summed E-state index contributed by atoms with van der Waals surface area (Å²) >= 11 is 5.32. The van der Waals surface area contributed by atoms with Gasteiger partial charge in [-0.15, -0.1) is 0 Å². The molecule has 0 bridgehead atoms. The van der Waals surface area contributed by atoms with Gasteiger partial charge in [-0.2, -0.15) is 0 Å². The highest BCUT2D eigenvalue weighted by molar-refractivity contribution is 6.25. The monoisotopic (exact) mass is 228 g/mol. The number of hydrogen-bond donors (Lipinski definition) is 0. The highest BCUT2D eigenvalue weighted by atomic mass is 35.5. The van der Waals surface area contributed by atoms with Crippen LogP contribution in [0.25, 0.3) is 0 Å². The second kappa shape index (κ2) is 8.79. The first-order valence-electron chi connectivity index (χ1n) is 5.40. The normalized spacial score (nSPS) is 21.3. The highest BCUT2D eigenvalue weighted by Crippen LogP contribution is 2.13. The van der Waals surface area contributed by atoms with Gasteiger partial charge in [0.05, 0.1) is 6.61 Å². The van der Waals surface area contributed by atoms with Gasteiger partial charge >= 0.3 is 0 Å². The molecule has 0 saturated carbocycles.